The highest BCUT2D eigenvalue weighted by Gasteiger charge is 2.35. The quantitative estimate of drug-likeness (QED) is 0.676. The van der Waals surface area contributed by atoms with Gasteiger partial charge >= 0.3 is 5.97 Å². The maximum absolute atomic E-state index is 12.2. The van der Waals surface area contributed by atoms with Crippen LogP contribution in [-0.2, 0) is 19.6 Å². The maximum Gasteiger partial charge on any atom is 0.305 e. The van der Waals surface area contributed by atoms with Crippen LogP contribution in [0.2, 0.25) is 0 Å². The lowest BCUT2D eigenvalue weighted by molar-refractivity contribution is -0.140. The Morgan fingerprint density at radius 2 is 1.75 bits per heavy atom. The summed E-state index contributed by atoms with van der Waals surface area (Å²) in [5, 5.41) is 0. The fourth-order valence-corrected chi connectivity index (χ4v) is 4.33. The topological polar surface area (TPSA) is 63.7 Å². The second-order valence-electron chi connectivity index (χ2n) is 5.60. The van der Waals surface area contributed by atoms with E-state index in [0.717, 1.165) is 25.7 Å². The zero-order valence-corrected chi connectivity index (χ0v) is 13.7. The standard InChI is InChI=1S/C14H27NO4S/c1-4-14(5-2)8-10-15(11-9-14)20(17,18)12-6-7-13(16)19-3/h4-12H2,1-3H3. The van der Waals surface area contributed by atoms with Crippen molar-refractivity contribution in [2.24, 2.45) is 5.41 Å². The number of ether oxygens (including phenoxy) is 1. The maximum atomic E-state index is 12.2. The second kappa shape index (κ2) is 7.41. The third kappa shape index (κ3) is 4.45. The molecule has 0 amide bonds. The molecule has 0 bridgehead atoms. The fraction of sp³-hybridized carbons (Fsp3) is 0.929. The van der Waals surface area contributed by atoms with Crippen molar-refractivity contribution in [1.29, 1.82) is 0 Å². The highest BCUT2D eigenvalue weighted by Crippen LogP contribution is 2.38. The number of methoxy groups -OCH3 is 1. The molecule has 0 aromatic rings. The summed E-state index contributed by atoms with van der Waals surface area (Å²) in [4.78, 5) is 11.0. The number of esters is 1. The number of nitrogens with zero attached hydrogens (tertiary/aromatic N) is 1. The molecule has 1 aliphatic heterocycles. The van der Waals surface area contributed by atoms with Crippen LogP contribution in [0.15, 0.2) is 0 Å². The Morgan fingerprint density at radius 1 is 1.20 bits per heavy atom. The Kier molecular flexibility index (Phi) is 6.45. The average Bonchev–Trinajstić information content (AvgIpc) is 2.46. The summed E-state index contributed by atoms with van der Waals surface area (Å²) in [5.41, 5.74) is 0.317. The first-order chi connectivity index (χ1) is 9.39. The first kappa shape index (κ1) is 17.4. The lowest BCUT2D eigenvalue weighted by Crippen LogP contribution is -2.43. The first-order valence-electron chi connectivity index (χ1n) is 7.44. The molecule has 0 aromatic heterocycles. The highest BCUT2D eigenvalue weighted by atomic mass is 32.2. The number of sulfonamides is 1. The van der Waals surface area contributed by atoms with Crippen molar-refractivity contribution < 1.29 is 17.9 Å². The van der Waals surface area contributed by atoms with Crippen molar-refractivity contribution in [1.82, 2.24) is 4.31 Å². The lowest BCUT2D eigenvalue weighted by Gasteiger charge is -2.40. The van der Waals surface area contributed by atoms with Gasteiger partial charge in [0, 0.05) is 19.5 Å². The van der Waals surface area contributed by atoms with Crippen molar-refractivity contribution in [2.45, 2.75) is 52.4 Å². The molecule has 20 heavy (non-hydrogen) atoms. The van der Waals surface area contributed by atoms with E-state index in [1.165, 1.54) is 7.11 Å². The van der Waals surface area contributed by atoms with Crippen LogP contribution in [0.25, 0.3) is 0 Å². The van der Waals surface area contributed by atoms with Crippen LogP contribution in [-0.4, -0.2) is 44.6 Å². The summed E-state index contributed by atoms with van der Waals surface area (Å²) in [6, 6.07) is 0. The molecule has 118 valence electrons. The normalized spacial score (nSPS) is 19.8. The van der Waals surface area contributed by atoms with E-state index in [0.29, 0.717) is 24.9 Å². The third-order valence-electron chi connectivity index (χ3n) is 4.69. The van der Waals surface area contributed by atoms with E-state index in [1.807, 2.05) is 0 Å². The molecule has 0 radical (unpaired) electrons. The van der Waals surface area contributed by atoms with Gasteiger partial charge in [0.2, 0.25) is 10.0 Å². The van der Waals surface area contributed by atoms with Crippen molar-refractivity contribution in [3.05, 3.63) is 0 Å². The van der Waals surface area contributed by atoms with Gasteiger partial charge in [0.15, 0.2) is 0 Å². The van der Waals surface area contributed by atoms with E-state index in [2.05, 4.69) is 18.6 Å². The minimum absolute atomic E-state index is 0.0351. The summed E-state index contributed by atoms with van der Waals surface area (Å²) in [7, 11) is -1.91. The fourth-order valence-electron chi connectivity index (χ4n) is 2.83. The Labute approximate surface area is 122 Å². The number of rotatable bonds is 7. The molecule has 0 spiro atoms. The van der Waals surface area contributed by atoms with Gasteiger partial charge in [-0.2, -0.15) is 0 Å². The van der Waals surface area contributed by atoms with Crippen LogP contribution in [0.4, 0.5) is 0 Å². The van der Waals surface area contributed by atoms with Gasteiger partial charge < -0.3 is 4.74 Å². The van der Waals surface area contributed by atoms with Gasteiger partial charge in [-0.15, -0.1) is 0 Å². The highest BCUT2D eigenvalue weighted by molar-refractivity contribution is 7.89. The molecule has 1 fully saturated rings. The van der Waals surface area contributed by atoms with Gasteiger partial charge in [-0.05, 0) is 24.7 Å². The van der Waals surface area contributed by atoms with Crippen LogP contribution in [0.5, 0.6) is 0 Å². The van der Waals surface area contributed by atoms with Crippen molar-refractivity contribution in [2.75, 3.05) is 26.0 Å². The van der Waals surface area contributed by atoms with Crippen LogP contribution >= 0.6 is 0 Å². The molecule has 0 unspecified atom stereocenters. The SMILES string of the molecule is CCC1(CC)CCN(S(=O)(=O)CCCC(=O)OC)CC1. The molecule has 0 N–H and O–H groups in total. The Hall–Kier alpha value is -0.620. The molecular weight excluding hydrogens is 278 g/mol. The predicted molar refractivity (Wildman–Crippen MR) is 78.9 cm³/mol. The molecule has 6 heteroatoms. The Morgan fingerprint density at radius 3 is 2.20 bits per heavy atom. The van der Waals surface area contributed by atoms with E-state index in [-0.39, 0.29) is 18.1 Å². The average molecular weight is 305 g/mol. The van der Waals surface area contributed by atoms with E-state index in [9.17, 15) is 13.2 Å². The molecule has 1 saturated heterocycles. The van der Waals surface area contributed by atoms with Crippen LogP contribution in [0.3, 0.4) is 0 Å². The van der Waals surface area contributed by atoms with Crippen molar-refractivity contribution in [3.63, 3.8) is 0 Å². The van der Waals surface area contributed by atoms with Gasteiger partial charge in [0.05, 0.1) is 12.9 Å². The third-order valence-corrected chi connectivity index (χ3v) is 6.64. The van der Waals surface area contributed by atoms with Gasteiger partial charge in [0.1, 0.15) is 0 Å². The van der Waals surface area contributed by atoms with Crippen LogP contribution < -0.4 is 0 Å². The Balaban J connectivity index is 2.48. The minimum atomic E-state index is -3.23. The van der Waals surface area contributed by atoms with Crippen molar-refractivity contribution >= 4 is 16.0 Å². The van der Waals surface area contributed by atoms with Gasteiger partial charge in [-0.25, -0.2) is 12.7 Å². The molecule has 1 aliphatic rings. The molecule has 0 aromatic carbocycles. The van der Waals surface area contributed by atoms with E-state index < -0.39 is 10.0 Å². The number of carbonyl (C=O) groups excluding carboxylic acids is 1. The number of hydrogen-bond acceptors (Lipinski definition) is 4. The van der Waals surface area contributed by atoms with Gasteiger partial charge in [-0.3, -0.25) is 4.79 Å². The van der Waals surface area contributed by atoms with E-state index in [4.69, 9.17) is 0 Å². The molecule has 5 nitrogen and oxygen atoms in total. The number of carbonyl (C=O) groups is 1. The summed E-state index contributed by atoms with van der Waals surface area (Å²) < 4.78 is 30.5. The van der Waals surface area contributed by atoms with Crippen LogP contribution in [0, 0.1) is 5.41 Å². The van der Waals surface area contributed by atoms with Gasteiger partial charge in [-0.1, -0.05) is 26.7 Å². The zero-order valence-electron chi connectivity index (χ0n) is 12.9. The monoisotopic (exact) mass is 305 g/mol. The van der Waals surface area contributed by atoms with Gasteiger partial charge in [0.25, 0.3) is 0 Å². The second-order valence-corrected chi connectivity index (χ2v) is 7.69. The first-order valence-corrected chi connectivity index (χ1v) is 9.04. The summed E-state index contributed by atoms with van der Waals surface area (Å²) in [6.07, 6.45) is 4.60. The molecule has 0 aliphatic carbocycles. The molecule has 0 saturated carbocycles. The van der Waals surface area contributed by atoms with E-state index >= 15 is 0 Å². The summed E-state index contributed by atoms with van der Waals surface area (Å²) >= 11 is 0. The smallest absolute Gasteiger partial charge is 0.305 e. The summed E-state index contributed by atoms with van der Waals surface area (Å²) in [6.45, 7) is 5.60. The Bertz CT molecular complexity index is 405. The molecule has 1 rings (SSSR count). The minimum Gasteiger partial charge on any atom is -0.469 e. The molecule has 0 atom stereocenters. The van der Waals surface area contributed by atoms with E-state index in [1.54, 1.807) is 4.31 Å². The zero-order chi connectivity index (χ0) is 15.2. The largest absolute Gasteiger partial charge is 0.469 e. The summed E-state index contributed by atoms with van der Waals surface area (Å²) in [5.74, 6) is -0.317. The van der Waals surface area contributed by atoms with Crippen LogP contribution in [0.1, 0.15) is 52.4 Å². The predicted octanol–water partition coefficient (Wildman–Crippen LogP) is 2.17. The number of hydrogen-bond donors (Lipinski definition) is 0. The molecular formula is C14H27NO4S. The number of piperidine rings is 1. The van der Waals surface area contributed by atoms with Crippen molar-refractivity contribution in [3.8, 4) is 0 Å². The molecule has 1 heterocycles. The lowest BCUT2D eigenvalue weighted by atomic mass is 9.75.